The Bertz CT molecular complexity index is 453. The molecule has 0 atom stereocenters. The molecule has 1 aliphatic heterocycles. The van der Waals surface area contributed by atoms with E-state index in [0.717, 1.165) is 0 Å². The minimum atomic E-state index is -0.747. The molecule has 1 aromatic rings. The van der Waals surface area contributed by atoms with Crippen molar-refractivity contribution in [1.82, 2.24) is 5.01 Å². The Kier molecular flexibility index (Phi) is 4.02. The monoisotopic (exact) mass is 250 g/mol. The summed E-state index contributed by atoms with van der Waals surface area (Å²) in [7, 11) is 0. The fourth-order valence-corrected chi connectivity index (χ4v) is 1.48. The molecule has 0 aliphatic carbocycles. The summed E-state index contributed by atoms with van der Waals surface area (Å²) in [5, 5.41) is 33.0. The molecular formula is C10H12N5O3-. The van der Waals surface area contributed by atoms with Crippen LogP contribution < -0.4 is 0 Å². The smallest absolute Gasteiger partial charge is 0.160 e. The normalized spacial score (nSPS) is 15.9. The quantitative estimate of drug-likeness (QED) is 0.605. The van der Waals surface area contributed by atoms with Crippen LogP contribution in [0.25, 0.3) is 0 Å². The highest BCUT2D eigenvalue weighted by atomic mass is 16.8. The zero-order chi connectivity index (χ0) is 12.8. The number of nitrogens with zero attached hydrogens (tertiary/aromatic N) is 5. The van der Waals surface area contributed by atoms with Crippen molar-refractivity contribution in [3.8, 4) is 0 Å². The molecule has 0 spiro atoms. The molecular weight excluding hydrogens is 238 g/mol. The average molecular weight is 250 g/mol. The molecule has 8 nitrogen and oxygen atoms in total. The predicted octanol–water partition coefficient (Wildman–Crippen LogP) is 2.11. The van der Waals surface area contributed by atoms with E-state index in [4.69, 9.17) is 4.74 Å². The Labute approximate surface area is 103 Å². The van der Waals surface area contributed by atoms with E-state index < -0.39 is 5.02 Å². The van der Waals surface area contributed by atoms with Crippen molar-refractivity contribution >= 4 is 11.4 Å². The van der Waals surface area contributed by atoms with Crippen LogP contribution in [0.2, 0.25) is 0 Å². The highest BCUT2D eigenvalue weighted by molar-refractivity contribution is 5.59. The summed E-state index contributed by atoms with van der Waals surface area (Å²) in [6.45, 7) is 2.55. The van der Waals surface area contributed by atoms with Crippen molar-refractivity contribution < 1.29 is 9.76 Å². The summed E-state index contributed by atoms with van der Waals surface area (Å²) in [6.07, 6.45) is 0. The SMILES string of the molecule is [O-][N+]([O-])=Nc1ccccc1N=NN1CCOCC1. The lowest BCUT2D eigenvalue weighted by Crippen LogP contribution is -2.31. The van der Waals surface area contributed by atoms with Gasteiger partial charge in [0.2, 0.25) is 0 Å². The lowest BCUT2D eigenvalue weighted by Gasteiger charge is -2.22. The second kappa shape index (κ2) is 5.92. The minimum absolute atomic E-state index is 0.194. The molecule has 0 saturated carbocycles. The third-order valence-corrected chi connectivity index (χ3v) is 2.34. The van der Waals surface area contributed by atoms with Gasteiger partial charge in [0.05, 0.1) is 26.3 Å². The van der Waals surface area contributed by atoms with E-state index in [9.17, 15) is 10.4 Å². The molecule has 0 aromatic heterocycles. The second-order valence-electron chi connectivity index (χ2n) is 3.58. The van der Waals surface area contributed by atoms with Crippen LogP contribution in [-0.2, 0) is 4.74 Å². The van der Waals surface area contributed by atoms with E-state index in [1.54, 1.807) is 23.2 Å². The van der Waals surface area contributed by atoms with Gasteiger partial charge >= 0.3 is 0 Å². The van der Waals surface area contributed by atoms with E-state index in [1.165, 1.54) is 6.07 Å². The molecule has 1 heterocycles. The molecule has 0 unspecified atom stereocenters. The summed E-state index contributed by atoms with van der Waals surface area (Å²) in [4.78, 5) is 0. The van der Waals surface area contributed by atoms with Crippen LogP contribution >= 0.6 is 0 Å². The van der Waals surface area contributed by atoms with Gasteiger partial charge in [0.15, 0.2) is 5.69 Å². The molecule has 0 bridgehead atoms. The number of hydrogen-bond donors (Lipinski definition) is 0. The number of rotatable bonds is 3. The predicted molar refractivity (Wildman–Crippen MR) is 62.4 cm³/mol. The minimum Gasteiger partial charge on any atom is -0.587 e. The van der Waals surface area contributed by atoms with Crippen LogP contribution in [0.3, 0.4) is 0 Å². The summed E-state index contributed by atoms with van der Waals surface area (Å²) < 4.78 is 5.18. The Morgan fingerprint density at radius 1 is 1.11 bits per heavy atom. The zero-order valence-corrected chi connectivity index (χ0v) is 9.60. The van der Waals surface area contributed by atoms with Crippen LogP contribution in [0.5, 0.6) is 0 Å². The van der Waals surface area contributed by atoms with E-state index in [-0.39, 0.29) is 5.69 Å². The standard InChI is InChI=1S/C10H12N5O3/c16-15(17)12-10-4-2-1-3-9(10)11-13-14-5-7-18-8-6-14/h1-4H,5-8H2/q-1. The van der Waals surface area contributed by atoms with Crippen LogP contribution in [0.1, 0.15) is 0 Å². The number of morpholine rings is 1. The van der Waals surface area contributed by atoms with Gasteiger partial charge in [0.25, 0.3) is 0 Å². The topological polar surface area (TPSA) is 98.7 Å². The molecule has 0 radical (unpaired) electrons. The van der Waals surface area contributed by atoms with Gasteiger partial charge in [-0.05, 0) is 12.1 Å². The molecule has 0 N–H and O–H groups in total. The van der Waals surface area contributed by atoms with Crippen molar-refractivity contribution in [2.75, 3.05) is 26.3 Å². The van der Waals surface area contributed by atoms with Gasteiger partial charge in [-0.25, -0.2) is 0 Å². The van der Waals surface area contributed by atoms with Gasteiger partial charge < -0.3 is 15.2 Å². The molecule has 8 heteroatoms. The van der Waals surface area contributed by atoms with Crippen molar-refractivity contribution in [2.24, 2.45) is 15.5 Å². The van der Waals surface area contributed by atoms with Gasteiger partial charge in [-0.1, -0.05) is 22.4 Å². The van der Waals surface area contributed by atoms with Gasteiger partial charge in [-0.15, -0.1) is 5.11 Å². The van der Waals surface area contributed by atoms with E-state index >= 15 is 0 Å². The molecule has 1 fully saturated rings. The summed E-state index contributed by atoms with van der Waals surface area (Å²) in [5.41, 5.74) is 0.570. The summed E-state index contributed by atoms with van der Waals surface area (Å²) in [6, 6.07) is 6.55. The van der Waals surface area contributed by atoms with Crippen LogP contribution in [0.15, 0.2) is 39.7 Å². The molecule has 0 amide bonds. The Morgan fingerprint density at radius 3 is 2.44 bits per heavy atom. The van der Waals surface area contributed by atoms with Crippen LogP contribution in [0, 0.1) is 10.4 Å². The van der Waals surface area contributed by atoms with Gasteiger partial charge in [0.1, 0.15) is 5.69 Å². The number of hydrogen-bond acceptors (Lipinski definition) is 6. The highest BCUT2D eigenvalue weighted by Gasteiger charge is 2.08. The fourth-order valence-electron chi connectivity index (χ4n) is 1.48. The van der Waals surface area contributed by atoms with Crippen molar-refractivity contribution in [3.05, 3.63) is 34.7 Å². The second-order valence-corrected chi connectivity index (χ2v) is 3.58. The summed E-state index contributed by atoms with van der Waals surface area (Å²) >= 11 is 0. The van der Waals surface area contributed by atoms with E-state index in [0.29, 0.717) is 32.0 Å². The van der Waals surface area contributed by atoms with Gasteiger partial charge in [0, 0.05) is 5.11 Å². The first-order chi connectivity index (χ1) is 8.75. The van der Waals surface area contributed by atoms with Gasteiger partial charge in [-0.2, -0.15) is 0 Å². The van der Waals surface area contributed by atoms with E-state index in [1.807, 2.05) is 0 Å². The average Bonchev–Trinajstić information content (AvgIpc) is 2.38. The van der Waals surface area contributed by atoms with Gasteiger partial charge in [-0.3, -0.25) is 5.01 Å². The largest absolute Gasteiger partial charge is 0.587 e. The van der Waals surface area contributed by atoms with Crippen molar-refractivity contribution in [3.63, 3.8) is 0 Å². The molecule has 1 aliphatic rings. The van der Waals surface area contributed by atoms with E-state index in [2.05, 4.69) is 15.5 Å². The maximum Gasteiger partial charge on any atom is 0.160 e. The summed E-state index contributed by atoms with van der Waals surface area (Å²) in [5.74, 6) is 0. The molecule has 1 saturated heterocycles. The first kappa shape index (κ1) is 12.2. The van der Waals surface area contributed by atoms with Crippen LogP contribution in [0.4, 0.5) is 11.4 Å². The lowest BCUT2D eigenvalue weighted by molar-refractivity contribution is -0.452. The molecule has 96 valence electrons. The van der Waals surface area contributed by atoms with Crippen molar-refractivity contribution in [2.45, 2.75) is 0 Å². The lowest BCUT2D eigenvalue weighted by atomic mass is 10.3. The fraction of sp³-hybridized carbons (Fsp3) is 0.400. The highest BCUT2D eigenvalue weighted by Crippen LogP contribution is 2.27. The molecule has 1 aromatic carbocycles. The maximum absolute atomic E-state index is 10.4. The number of benzene rings is 1. The Balaban J connectivity index is 2.12. The Hall–Kier alpha value is -2.22. The third-order valence-electron chi connectivity index (χ3n) is 2.34. The molecule has 18 heavy (non-hydrogen) atoms. The maximum atomic E-state index is 10.4. The zero-order valence-electron chi connectivity index (χ0n) is 9.60. The molecule has 2 rings (SSSR count). The van der Waals surface area contributed by atoms with Crippen molar-refractivity contribution in [1.29, 1.82) is 0 Å². The number of ether oxygens (including phenoxy) is 1. The first-order valence-electron chi connectivity index (χ1n) is 5.45. The Morgan fingerprint density at radius 2 is 1.78 bits per heavy atom. The third kappa shape index (κ3) is 3.39. The first-order valence-corrected chi connectivity index (χ1v) is 5.45. The van der Waals surface area contributed by atoms with Crippen LogP contribution in [-0.4, -0.2) is 36.3 Å².